The number of amides is 1. The standard InChI is InChI=1S/C29H33F3N6O/c1-36(2)14-5-13-34-27(39)28(23-7-9-24(35-20-23)26-6-4-15-37(26)3)11-16-38(17-12-28)25-10-8-22(29(30,31)32)18-21(25)19-33/h4,6-10,15,18,20H,5,11-14,16-17H2,1-3H3,(H,34,39). The number of nitriles is 1. The van der Waals surface area contributed by atoms with Crippen LogP contribution in [0, 0.1) is 11.3 Å². The van der Waals surface area contributed by atoms with Gasteiger partial charge in [0.15, 0.2) is 0 Å². The van der Waals surface area contributed by atoms with Crippen LogP contribution in [-0.4, -0.2) is 60.6 Å². The Morgan fingerprint density at radius 2 is 1.92 bits per heavy atom. The number of nitrogens with zero attached hydrogens (tertiary/aromatic N) is 5. The molecule has 1 fully saturated rings. The van der Waals surface area contributed by atoms with Gasteiger partial charge in [0, 0.05) is 39.1 Å². The van der Waals surface area contributed by atoms with Crippen molar-refractivity contribution < 1.29 is 18.0 Å². The van der Waals surface area contributed by atoms with Crippen LogP contribution in [0.4, 0.5) is 18.9 Å². The number of aryl methyl sites for hydroxylation is 1. The van der Waals surface area contributed by atoms with Crippen molar-refractivity contribution in [3.05, 3.63) is 71.5 Å². The average molecular weight is 539 g/mol. The Morgan fingerprint density at radius 3 is 2.49 bits per heavy atom. The number of benzene rings is 1. The summed E-state index contributed by atoms with van der Waals surface area (Å²) in [7, 11) is 5.91. The number of piperidine rings is 1. The molecule has 1 amide bonds. The second-order valence-corrected chi connectivity index (χ2v) is 10.3. The molecule has 0 atom stereocenters. The van der Waals surface area contributed by atoms with Gasteiger partial charge in [-0.1, -0.05) is 6.07 Å². The summed E-state index contributed by atoms with van der Waals surface area (Å²) in [6.45, 7) is 2.20. The molecule has 7 nitrogen and oxygen atoms in total. The molecule has 206 valence electrons. The van der Waals surface area contributed by atoms with E-state index in [1.807, 2.05) is 67.1 Å². The van der Waals surface area contributed by atoms with Gasteiger partial charge in [0.1, 0.15) is 6.07 Å². The van der Waals surface area contributed by atoms with Gasteiger partial charge in [0.05, 0.1) is 33.6 Å². The van der Waals surface area contributed by atoms with Crippen molar-refractivity contribution >= 4 is 11.6 Å². The zero-order valence-corrected chi connectivity index (χ0v) is 22.4. The van der Waals surface area contributed by atoms with Gasteiger partial charge in [-0.05, 0) is 81.9 Å². The fourth-order valence-corrected chi connectivity index (χ4v) is 5.18. The lowest BCUT2D eigenvalue weighted by atomic mass is 9.72. The number of alkyl halides is 3. The molecule has 3 aromatic rings. The summed E-state index contributed by atoms with van der Waals surface area (Å²) in [5, 5.41) is 12.7. The molecule has 1 saturated heterocycles. The van der Waals surface area contributed by atoms with Crippen molar-refractivity contribution in [3.63, 3.8) is 0 Å². The number of anilines is 1. The number of halogens is 3. The Hall–Kier alpha value is -3.84. The quantitative estimate of drug-likeness (QED) is 0.425. The molecule has 1 aliphatic heterocycles. The molecule has 39 heavy (non-hydrogen) atoms. The maximum Gasteiger partial charge on any atom is 0.416 e. The number of carbonyl (C=O) groups is 1. The second kappa shape index (κ2) is 11.5. The number of aromatic nitrogens is 2. The summed E-state index contributed by atoms with van der Waals surface area (Å²) in [5.41, 5.74) is 1.29. The zero-order valence-electron chi connectivity index (χ0n) is 22.4. The van der Waals surface area contributed by atoms with E-state index in [-0.39, 0.29) is 11.5 Å². The fraction of sp³-hybridized carbons (Fsp3) is 0.414. The minimum absolute atomic E-state index is 0.0287. The summed E-state index contributed by atoms with van der Waals surface area (Å²) in [6, 6.07) is 12.9. The van der Waals surface area contributed by atoms with Crippen molar-refractivity contribution in [1.82, 2.24) is 19.8 Å². The van der Waals surface area contributed by atoms with E-state index in [2.05, 4.69) is 15.2 Å². The highest BCUT2D eigenvalue weighted by atomic mass is 19.4. The lowest BCUT2D eigenvalue weighted by Gasteiger charge is -2.42. The Labute approximate surface area is 226 Å². The van der Waals surface area contributed by atoms with Crippen molar-refractivity contribution in [3.8, 4) is 17.5 Å². The number of rotatable bonds is 8. The van der Waals surface area contributed by atoms with Gasteiger partial charge in [-0.3, -0.25) is 9.78 Å². The minimum Gasteiger partial charge on any atom is -0.370 e. The van der Waals surface area contributed by atoms with Gasteiger partial charge >= 0.3 is 6.18 Å². The molecule has 2 aromatic heterocycles. The SMILES string of the molecule is CN(C)CCCNC(=O)C1(c2ccc(-c3cccn3C)nc2)CCN(c2ccc(C(F)(F)F)cc2C#N)CC1. The summed E-state index contributed by atoms with van der Waals surface area (Å²) < 4.78 is 41.5. The van der Waals surface area contributed by atoms with E-state index in [0.29, 0.717) is 38.2 Å². The summed E-state index contributed by atoms with van der Waals surface area (Å²) in [5.74, 6) is -0.0813. The first-order chi connectivity index (χ1) is 18.5. The summed E-state index contributed by atoms with van der Waals surface area (Å²) in [6.07, 6.45) is 0.858. The van der Waals surface area contributed by atoms with Crippen molar-refractivity contribution in [2.24, 2.45) is 7.05 Å². The molecule has 0 aliphatic carbocycles. The Morgan fingerprint density at radius 1 is 1.18 bits per heavy atom. The first kappa shape index (κ1) is 28.2. The lowest BCUT2D eigenvalue weighted by molar-refractivity contribution is -0.137. The van der Waals surface area contributed by atoms with E-state index in [4.69, 9.17) is 0 Å². The van der Waals surface area contributed by atoms with E-state index in [1.54, 1.807) is 6.20 Å². The Kier molecular flexibility index (Phi) is 8.31. The lowest BCUT2D eigenvalue weighted by Crippen LogP contribution is -2.52. The topological polar surface area (TPSA) is 77.2 Å². The van der Waals surface area contributed by atoms with E-state index in [9.17, 15) is 23.2 Å². The van der Waals surface area contributed by atoms with Gasteiger partial charge in [0.25, 0.3) is 0 Å². The minimum atomic E-state index is -4.52. The molecular formula is C29H33F3N6O. The molecule has 1 aromatic carbocycles. The van der Waals surface area contributed by atoms with Crippen LogP contribution in [-0.2, 0) is 23.4 Å². The number of pyridine rings is 1. The predicted molar refractivity (Wildman–Crippen MR) is 144 cm³/mol. The van der Waals surface area contributed by atoms with Crippen LogP contribution in [0.15, 0.2) is 54.9 Å². The van der Waals surface area contributed by atoms with Gasteiger partial charge in [0.2, 0.25) is 5.91 Å². The van der Waals surface area contributed by atoms with Crippen LogP contribution in [0.25, 0.3) is 11.4 Å². The first-order valence-electron chi connectivity index (χ1n) is 12.9. The number of hydrogen-bond donors (Lipinski definition) is 1. The molecule has 1 N–H and O–H groups in total. The molecular weight excluding hydrogens is 505 g/mol. The number of hydrogen-bond acceptors (Lipinski definition) is 5. The summed E-state index contributed by atoms with van der Waals surface area (Å²) in [4.78, 5) is 22.3. The van der Waals surface area contributed by atoms with Gasteiger partial charge < -0.3 is 19.7 Å². The predicted octanol–water partition coefficient (Wildman–Crippen LogP) is 4.58. The highest BCUT2D eigenvalue weighted by Crippen LogP contribution is 2.39. The smallest absolute Gasteiger partial charge is 0.370 e. The highest BCUT2D eigenvalue weighted by Gasteiger charge is 2.43. The van der Waals surface area contributed by atoms with Gasteiger partial charge in [-0.25, -0.2) is 0 Å². The van der Waals surface area contributed by atoms with Crippen LogP contribution in [0.5, 0.6) is 0 Å². The van der Waals surface area contributed by atoms with Crippen molar-refractivity contribution in [1.29, 1.82) is 5.26 Å². The molecule has 0 spiro atoms. The van der Waals surface area contributed by atoms with Crippen LogP contribution < -0.4 is 10.2 Å². The first-order valence-corrected chi connectivity index (χ1v) is 12.9. The van der Waals surface area contributed by atoms with E-state index in [0.717, 1.165) is 42.0 Å². The fourth-order valence-electron chi connectivity index (χ4n) is 5.18. The average Bonchev–Trinajstić information content (AvgIpc) is 3.35. The molecule has 4 rings (SSSR count). The second-order valence-electron chi connectivity index (χ2n) is 10.3. The van der Waals surface area contributed by atoms with Gasteiger partial charge in [-0.2, -0.15) is 18.4 Å². The zero-order chi connectivity index (χ0) is 28.2. The molecule has 0 unspecified atom stereocenters. The third kappa shape index (κ3) is 6.09. The normalized spacial score (nSPS) is 15.3. The third-order valence-corrected chi connectivity index (χ3v) is 7.43. The third-order valence-electron chi connectivity index (χ3n) is 7.43. The number of carbonyl (C=O) groups excluding carboxylic acids is 1. The van der Waals surface area contributed by atoms with E-state index in [1.165, 1.54) is 6.07 Å². The van der Waals surface area contributed by atoms with Crippen LogP contribution in [0.1, 0.15) is 36.0 Å². The molecule has 3 heterocycles. The van der Waals surface area contributed by atoms with Crippen LogP contribution in [0.3, 0.4) is 0 Å². The largest absolute Gasteiger partial charge is 0.416 e. The maximum absolute atomic E-state index is 13.7. The molecule has 1 aliphatic rings. The molecule has 0 saturated carbocycles. The Bertz CT molecular complexity index is 1330. The van der Waals surface area contributed by atoms with Crippen LogP contribution >= 0.6 is 0 Å². The highest BCUT2D eigenvalue weighted by molar-refractivity contribution is 5.88. The van der Waals surface area contributed by atoms with Crippen LogP contribution in [0.2, 0.25) is 0 Å². The van der Waals surface area contributed by atoms with Gasteiger partial charge in [-0.15, -0.1) is 0 Å². The van der Waals surface area contributed by atoms with Crippen molar-refractivity contribution in [2.45, 2.75) is 30.9 Å². The van der Waals surface area contributed by atoms with E-state index < -0.39 is 17.2 Å². The van der Waals surface area contributed by atoms with E-state index >= 15 is 0 Å². The molecule has 0 radical (unpaired) electrons. The number of nitrogens with one attached hydrogen (secondary N) is 1. The maximum atomic E-state index is 13.7. The molecule has 10 heteroatoms. The van der Waals surface area contributed by atoms with Crippen molar-refractivity contribution in [2.75, 3.05) is 45.2 Å². The Balaban J connectivity index is 1.59. The monoisotopic (exact) mass is 538 g/mol. The molecule has 0 bridgehead atoms. The summed E-state index contributed by atoms with van der Waals surface area (Å²) >= 11 is 0.